The number of amides is 1. The molecule has 0 atom stereocenters. The molecule has 0 aromatic heterocycles. The molecule has 0 aliphatic carbocycles. The average molecular weight is 513 g/mol. The van der Waals surface area contributed by atoms with E-state index in [9.17, 15) is 22.7 Å². The Hall–Kier alpha value is -3.47. The number of phenolic OH excluding ortho intramolecular Hbond substituents is 1. The zero-order valence-electron chi connectivity index (χ0n) is 19.9. The molecule has 0 bridgehead atoms. The molecule has 3 N–H and O–H groups in total. The fourth-order valence-electron chi connectivity index (χ4n) is 3.89. The van der Waals surface area contributed by atoms with Gasteiger partial charge in [-0.1, -0.05) is 24.3 Å². The van der Waals surface area contributed by atoms with Crippen LogP contribution in [0.25, 0.3) is 11.1 Å². The minimum Gasteiger partial charge on any atom is -0.506 e. The predicted molar refractivity (Wildman–Crippen MR) is 139 cm³/mol. The lowest BCUT2D eigenvalue weighted by atomic mass is 10.0. The van der Waals surface area contributed by atoms with E-state index in [1.54, 1.807) is 36.4 Å². The van der Waals surface area contributed by atoms with Crippen molar-refractivity contribution in [3.63, 3.8) is 0 Å². The van der Waals surface area contributed by atoms with Gasteiger partial charge < -0.3 is 15.3 Å². The number of halogens is 1. The first-order valence-electron chi connectivity index (χ1n) is 11.6. The zero-order valence-corrected chi connectivity index (χ0v) is 20.8. The Kier molecular flexibility index (Phi) is 7.88. The highest BCUT2D eigenvalue weighted by atomic mass is 32.2. The third-order valence-corrected chi connectivity index (χ3v) is 7.37. The van der Waals surface area contributed by atoms with Crippen LogP contribution in [-0.4, -0.2) is 74.8 Å². The van der Waals surface area contributed by atoms with Gasteiger partial charge in [-0.25, -0.2) is 12.8 Å². The number of likely N-dealkylation sites (N-methyl/N-ethyl adjacent to an activating group) is 1. The van der Waals surface area contributed by atoms with Crippen molar-refractivity contribution in [1.82, 2.24) is 9.80 Å². The van der Waals surface area contributed by atoms with E-state index in [0.717, 1.165) is 37.3 Å². The Morgan fingerprint density at radius 2 is 1.56 bits per heavy atom. The number of phenols is 1. The molecule has 1 fully saturated rings. The first-order valence-corrected chi connectivity index (χ1v) is 13.3. The van der Waals surface area contributed by atoms with Crippen molar-refractivity contribution in [1.29, 1.82) is 0 Å². The van der Waals surface area contributed by atoms with Gasteiger partial charge in [0.25, 0.3) is 5.91 Å². The molecule has 0 radical (unpaired) electrons. The van der Waals surface area contributed by atoms with Crippen LogP contribution in [0.4, 0.5) is 15.8 Å². The summed E-state index contributed by atoms with van der Waals surface area (Å²) in [5.74, 6) is -1.05. The second-order valence-corrected chi connectivity index (χ2v) is 10.7. The van der Waals surface area contributed by atoms with E-state index in [2.05, 4.69) is 19.8 Å². The molecule has 10 heteroatoms. The van der Waals surface area contributed by atoms with Crippen LogP contribution < -0.4 is 10.0 Å². The number of benzene rings is 3. The van der Waals surface area contributed by atoms with Gasteiger partial charge in [-0.05, 0) is 60.6 Å². The Labute approximate surface area is 210 Å². The van der Waals surface area contributed by atoms with E-state index >= 15 is 0 Å². The summed E-state index contributed by atoms with van der Waals surface area (Å²) in [5.41, 5.74) is 2.38. The summed E-state index contributed by atoms with van der Waals surface area (Å²) in [4.78, 5) is 17.0. The monoisotopic (exact) mass is 512 g/mol. The Morgan fingerprint density at radius 1 is 0.944 bits per heavy atom. The largest absolute Gasteiger partial charge is 0.506 e. The van der Waals surface area contributed by atoms with Gasteiger partial charge in [0.05, 0.1) is 11.4 Å². The van der Waals surface area contributed by atoms with Crippen LogP contribution in [0.2, 0.25) is 0 Å². The number of piperazine rings is 1. The van der Waals surface area contributed by atoms with Gasteiger partial charge in [-0.15, -0.1) is 0 Å². The van der Waals surface area contributed by atoms with Crippen molar-refractivity contribution in [2.75, 3.05) is 55.6 Å². The van der Waals surface area contributed by atoms with E-state index in [0.29, 0.717) is 17.8 Å². The minimum atomic E-state index is -3.70. The normalized spacial score (nSPS) is 14.9. The van der Waals surface area contributed by atoms with Crippen LogP contribution in [0.3, 0.4) is 0 Å². The predicted octanol–water partition coefficient (Wildman–Crippen LogP) is 3.44. The summed E-state index contributed by atoms with van der Waals surface area (Å²) >= 11 is 0. The number of nitrogens with one attached hydrogen (secondary N) is 2. The number of hydrogen-bond donors (Lipinski definition) is 3. The van der Waals surface area contributed by atoms with Crippen molar-refractivity contribution >= 4 is 27.3 Å². The molecular formula is C26H29FN4O4S. The van der Waals surface area contributed by atoms with Crippen molar-refractivity contribution in [2.45, 2.75) is 0 Å². The van der Waals surface area contributed by atoms with Gasteiger partial charge in [0.2, 0.25) is 10.0 Å². The van der Waals surface area contributed by atoms with Gasteiger partial charge >= 0.3 is 0 Å². The number of anilines is 2. The quantitative estimate of drug-likeness (QED) is 0.316. The summed E-state index contributed by atoms with van der Waals surface area (Å²) in [6.45, 7) is 3.80. The Bertz CT molecular complexity index is 1310. The van der Waals surface area contributed by atoms with E-state index < -0.39 is 15.9 Å². The fraction of sp³-hybridized carbons (Fsp3) is 0.269. The molecule has 3 aromatic carbocycles. The van der Waals surface area contributed by atoms with Gasteiger partial charge in [0, 0.05) is 44.0 Å². The first-order chi connectivity index (χ1) is 17.2. The summed E-state index contributed by atoms with van der Waals surface area (Å²) in [5, 5.41) is 12.9. The number of nitrogens with zero attached hydrogens (tertiary/aromatic N) is 2. The van der Waals surface area contributed by atoms with Gasteiger partial charge in [-0.2, -0.15) is 0 Å². The van der Waals surface area contributed by atoms with Crippen LogP contribution in [0.15, 0.2) is 66.7 Å². The van der Waals surface area contributed by atoms with Crippen molar-refractivity contribution in [3.8, 4) is 16.9 Å². The number of hydrogen-bond acceptors (Lipinski definition) is 6. The molecule has 1 saturated heterocycles. The van der Waals surface area contributed by atoms with Crippen LogP contribution >= 0.6 is 0 Å². The zero-order chi connectivity index (χ0) is 25.7. The molecule has 1 amide bonds. The second-order valence-electron chi connectivity index (χ2n) is 8.84. The molecule has 0 saturated carbocycles. The molecule has 4 rings (SSSR count). The summed E-state index contributed by atoms with van der Waals surface area (Å²) < 4.78 is 40.8. The summed E-state index contributed by atoms with van der Waals surface area (Å²) in [6.07, 6.45) is 0. The first kappa shape index (κ1) is 25.6. The molecule has 0 spiro atoms. The van der Waals surface area contributed by atoms with E-state index in [-0.39, 0.29) is 23.0 Å². The van der Waals surface area contributed by atoms with Crippen LogP contribution in [-0.2, 0) is 10.0 Å². The molecule has 1 heterocycles. The van der Waals surface area contributed by atoms with Gasteiger partial charge in [0.1, 0.15) is 11.6 Å². The lowest BCUT2D eigenvalue weighted by Crippen LogP contribution is -2.46. The number of sulfonamides is 1. The van der Waals surface area contributed by atoms with E-state index in [1.807, 2.05) is 7.05 Å². The molecule has 1 aliphatic rings. The van der Waals surface area contributed by atoms with Gasteiger partial charge in [-0.3, -0.25) is 14.4 Å². The number of rotatable bonds is 8. The number of carbonyl (C=O) groups excluding carboxylic acids is 1. The van der Waals surface area contributed by atoms with E-state index in [1.165, 1.54) is 30.3 Å². The molecule has 190 valence electrons. The topological polar surface area (TPSA) is 102 Å². The maximum absolute atomic E-state index is 13.1. The molecule has 1 aliphatic heterocycles. The number of carbonyl (C=O) groups is 1. The summed E-state index contributed by atoms with van der Waals surface area (Å²) in [6, 6.07) is 17.1. The highest BCUT2D eigenvalue weighted by Crippen LogP contribution is 2.28. The molecule has 3 aromatic rings. The molecule has 36 heavy (non-hydrogen) atoms. The van der Waals surface area contributed by atoms with Crippen molar-refractivity contribution < 1.29 is 22.7 Å². The Morgan fingerprint density at radius 3 is 2.19 bits per heavy atom. The molecule has 0 unspecified atom stereocenters. The lowest BCUT2D eigenvalue weighted by molar-refractivity contribution is 0.102. The standard InChI is InChI=1S/C26H29FN4O4S/c1-30-12-14-31(15-13-30)16-17-36(34,35)29-24-18-23(10-11-25(24)32)28-26(33)21-4-2-19(3-5-21)20-6-8-22(27)9-7-20/h2-11,18,29,32H,12-17H2,1H3,(H,28,33). The highest BCUT2D eigenvalue weighted by Gasteiger charge is 2.19. The maximum Gasteiger partial charge on any atom is 0.255 e. The molecule has 8 nitrogen and oxygen atoms in total. The van der Waals surface area contributed by atoms with Crippen LogP contribution in [0, 0.1) is 5.82 Å². The fourth-order valence-corrected chi connectivity index (χ4v) is 4.99. The van der Waals surface area contributed by atoms with E-state index in [4.69, 9.17) is 0 Å². The van der Waals surface area contributed by atoms with Crippen LogP contribution in [0.5, 0.6) is 5.75 Å². The maximum atomic E-state index is 13.1. The van der Waals surface area contributed by atoms with Crippen molar-refractivity contribution in [3.05, 3.63) is 78.1 Å². The summed E-state index contributed by atoms with van der Waals surface area (Å²) in [7, 11) is -1.67. The third-order valence-electron chi connectivity index (χ3n) is 6.12. The number of aromatic hydroxyl groups is 1. The SMILES string of the molecule is CN1CCN(CCS(=O)(=O)Nc2cc(NC(=O)c3ccc(-c4ccc(F)cc4)cc3)ccc2O)CC1. The highest BCUT2D eigenvalue weighted by molar-refractivity contribution is 7.92. The molecular weight excluding hydrogens is 483 g/mol. The second kappa shape index (κ2) is 11.1. The van der Waals surface area contributed by atoms with Crippen molar-refractivity contribution in [2.24, 2.45) is 0 Å². The average Bonchev–Trinajstić information content (AvgIpc) is 2.86. The smallest absolute Gasteiger partial charge is 0.255 e. The Balaban J connectivity index is 1.38. The third kappa shape index (κ3) is 6.81. The van der Waals surface area contributed by atoms with Gasteiger partial charge in [0.15, 0.2) is 0 Å². The van der Waals surface area contributed by atoms with Crippen LogP contribution in [0.1, 0.15) is 10.4 Å². The minimum absolute atomic E-state index is 0.00200. The lowest BCUT2D eigenvalue weighted by Gasteiger charge is -2.32.